The van der Waals surface area contributed by atoms with E-state index in [0.717, 1.165) is 13.3 Å². The van der Waals surface area contributed by atoms with Crippen molar-refractivity contribution in [2.24, 2.45) is 0 Å². The molecule has 0 saturated heterocycles. The van der Waals surface area contributed by atoms with Gasteiger partial charge in [-0.3, -0.25) is 4.79 Å². The molecule has 0 aliphatic carbocycles. The Kier molecular flexibility index (Phi) is 3.38. The first kappa shape index (κ1) is 12.0. The fourth-order valence-corrected chi connectivity index (χ4v) is 1.10. The van der Waals surface area contributed by atoms with Gasteiger partial charge in [0.25, 0.3) is 5.56 Å². The van der Waals surface area contributed by atoms with Gasteiger partial charge in [-0.2, -0.15) is 13.2 Å². The Morgan fingerprint density at radius 1 is 1.60 bits per heavy atom. The molecule has 1 rings (SSSR count). The minimum atomic E-state index is -4.39. The number of anilines is 1. The van der Waals surface area contributed by atoms with Crippen LogP contribution in [0.15, 0.2) is 15.6 Å². The second kappa shape index (κ2) is 4.21. The highest BCUT2D eigenvalue weighted by molar-refractivity contribution is 9.10. The second-order valence-corrected chi connectivity index (χ2v) is 3.59. The highest BCUT2D eigenvalue weighted by Gasteiger charge is 2.36. The van der Waals surface area contributed by atoms with Gasteiger partial charge in [0.1, 0.15) is 16.3 Å². The van der Waals surface area contributed by atoms with E-state index in [1.54, 1.807) is 0 Å². The first-order valence-electron chi connectivity index (χ1n) is 3.89. The lowest BCUT2D eigenvalue weighted by atomic mass is 10.3. The van der Waals surface area contributed by atoms with Crippen LogP contribution in [0, 0.1) is 0 Å². The maximum Gasteiger partial charge on any atom is 0.408 e. The van der Waals surface area contributed by atoms with Crippen molar-refractivity contribution < 1.29 is 13.2 Å². The lowest BCUT2D eigenvalue weighted by Gasteiger charge is -2.17. The molecule has 0 aliphatic rings. The first-order chi connectivity index (χ1) is 6.82. The molecule has 0 saturated carbocycles. The number of aromatic amines is 1. The quantitative estimate of drug-likeness (QED) is 0.873. The van der Waals surface area contributed by atoms with Gasteiger partial charge < -0.3 is 10.3 Å². The molecule has 1 aromatic heterocycles. The minimum Gasteiger partial charge on any atom is -0.358 e. The number of halogens is 4. The summed E-state index contributed by atoms with van der Waals surface area (Å²) in [6.45, 7) is 0.940. The molecule has 1 aromatic rings. The van der Waals surface area contributed by atoms with E-state index >= 15 is 0 Å². The van der Waals surface area contributed by atoms with Crippen LogP contribution >= 0.6 is 15.9 Å². The fraction of sp³-hybridized carbons (Fsp3) is 0.429. The van der Waals surface area contributed by atoms with Crippen molar-refractivity contribution in [1.82, 2.24) is 9.97 Å². The summed E-state index contributed by atoms with van der Waals surface area (Å²) in [7, 11) is 0. The second-order valence-electron chi connectivity index (χ2n) is 2.80. The molecule has 8 heteroatoms. The van der Waals surface area contributed by atoms with Crippen LogP contribution in [0.4, 0.5) is 19.0 Å². The molecular weight excluding hydrogens is 279 g/mol. The molecule has 0 aliphatic heterocycles. The third-order valence-electron chi connectivity index (χ3n) is 1.64. The molecule has 0 spiro atoms. The summed E-state index contributed by atoms with van der Waals surface area (Å²) in [4.78, 5) is 16.8. The number of hydrogen-bond acceptors (Lipinski definition) is 3. The van der Waals surface area contributed by atoms with Gasteiger partial charge in [-0.25, -0.2) is 4.98 Å². The Labute approximate surface area is 91.0 Å². The summed E-state index contributed by atoms with van der Waals surface area (Å²) in [6.07, 6.45) is -3.36. The zero-order chi connectivity index (χ0) is 11.6. The standard InChI is InChI=1S/C7H7BrF3N3O/c1-3(7(9,10)11)14-5-4(8)6(15)13-2-12-5/h2-3H,1H3,(H2,12,13,14,15). The number of aromatic nitrogens is 2. The lowest BCUT2D eigenvalue weighted by Crippen LogP contribution is -2.34. The van der Waals surface area contributed by atoms with Crippen LogP contribution in [-0.2, 0) is 0 Å². The highest BCUT2D eigenvalue weighted by atomic mass is 79.9. The van der Waals surface area contributed by atoms with Crippen molar-refractivity contribution >= 4 is 21.7 Å². The lowest BCUT2D eigenvalue weighted by molar-refractivity contribution is -0.138. The van der Waals surface area contributed by atoms with E-state index in [1.165, 1.54) is 0 Å². The summed E-state index contributed by atoms with van der Waals surface area (Å²) in [5.41, 5.74) is -0.540. The molecule has 1 atom stereocenters. The van der Waals surface area contributed by atoms with Crippen LogP contribution in [0.3, 0.4) is 0 Å². The van der Waals surface area contributed by atoms with Crippen molar-refractivity contribution in [2.75, 3.05) is 5.32 Å². The van der Waals surface area contributed by atoms with Crippen molar-refractivity contribution in [3.63, 3.8) is 0 Å². The van der Waals surface area contributed by atoms with Crippen LogP contribution in [0.5, 0.6) is 0 Å². The average molecular weight is 286 g/mol. The molecule has 0 aromatic carbocycles. The van der Waals surface area contributed by atoms with E-state index in [0.29, 0.717) is 0 Å². The Bertz CT molecular complexity index is 403. The zero-order valence-electron chi connectivity index (χ0n) is 7.52. The first-order valence-corrected chi connectivity index (χ1v) is 4.68. The summed E-state index contributed by atoms with van der Waals surface area (Å²) >= 11 is 2.84. The maximum absolute atomic E-state index is 12.2. The molecule has 1 heterocycles. The van der Waals surface area contributed by atoms with Gasteiger partial charge in [0.05, 0.1) is 6.33 Å². The summed E-state index contributed by atoms with van der Waals surface area (Å²) in [5.74, 6) is -0.136. The molecule has 0 fully saturated rings. The highest BCUT2D eigenvalue weighted by Crippen LogP contribution is 2.24. The minimum absolute atomic E-state index is 0.0545. The summed E-state index contributed by atoms with van der Waals surface area (Å²) < 4.78 is 36.5. The number of H-pyrrole nitrogens is 1. The van der Waals surface area contributed by atoms with Gasteiger partial charge in [-0.15, -0.1) is 0 Å². The molecular formula is C7H7BrF3N3O. The molecule has 0 bridgehead atoms. The Morgan fingerprint density at radius 3 is 2.73 bits per heavy atom. The smallest absolute Gasteiger partial charge is 0.358 e. The number of alkyl halides is 3. The molecule has 2 N–H and O–H groups in total. The van der Waals surface area contributed by atoms with E-state index in [2.05, 4.69) is 31.2 Å². The van der Waals surface area contributed by atoms with Gasteiger partial charge in [0.15, 0.2) is 0 Å². The van der Waals surface area contributed by atoms with Crippen LogP contribution in [0.1, 0.15) is 6.92 Å². The third-order valence-corrected chi connectivity index (χ3v) is 2.38. The normalized spacial score (nSPS) is 13.7. The number of nitrogens with zero attached hydrogens (tertiary/aromatic N) is 1. The number of rotatable bonds is 2. The van der Waals surface area contributed by atoms with Crippen molar-refractivity contribution in [3.05, 3.63) is 21.2 Å². The Morgan fingerprint density at radius 2 is 2.20 bits per heavy atom. The molecule has 0 radical (unpaired) electrons. The Hall–Kier alpha value is -1.05. The largest absolute Gasteiger partial charge is 0.408 e. The molecule has 84 valence electrons. The summed E-state index contributed by atoms with van der Waals surface area (Å²) in [5, 5.41) is 2.09. The average Bonchev–Trinajstić information content (AvgIpc) is 2.11. The topological polar surface area (TPSA) is 57.8 Å². The number of hydrogen-bond donors (Lipinski definition) is 2. The van der Waals surface area contributed by atoms with E-state index in [-0.39, 0.29) is 10.3 Å². The van der Waals surface area contributed by atoms with Gasteiger partial charge in [0.2, 0.25) is 0 Å². The fourth-order valence-electron chi connectivity index (χ4n) is 0.771. The van der Waals surface area contributed by atoms with Gasteiger partial charge in [0, 0.05) is 0 Å². The van der Waals surface area contributed by atoms with E-state index in [9.17, 15) is 18.0 Å². The van der Waals surface area contributed by atoms with E-state index < -0.39 is 17.8 Å². The van der Waals surface area contributed by atoms with Crippen molar-refractivity contribution in [3.8, 4) is 0 Å². The molecule has 15 heavy (non-hydrogen) atoms. The van der Waals surface area contributed by atoms with Gasteiger partial charge in [-0.05, 0) is 22.9 Å². The van der Waals surface area contributed by atoms with Crippen LogP contribution < -0.4 is 10.9 Å². The van der Waals surface area contributed by atoms with Crippen LogP contribution in [0.2, 0.25) is 0 Å². The maximum atomic E-state index is 12.2. The number of nitrogens with one attached hydrogen (secondary N) is 2. The van der Waals surface area contributed by atoms with Crippen molar-refractivity contribution in [2.45, 2.75) is 19.1 Å². The predicted octanol–water partition coefficient (Wildman–Crippen LogP) is 1.90. The van der Waals surface area contributed by atoms with Gasteiger partial charge >= 0.3 is 6.18 Å². The van der Waals surface area contributed by atoms with E-state index in [4.69, 9.17) is 0 Å². The van der Waals surface area contributed by atoms with Crippen LogP contribution in [-0.4, -0.2) is 22.2 Å². The predicted molar refractivity (Wildman–Crippen MR) is 51.7 cm³/mol. The summed E-state index contributed by atoms with van der Waals surface area (Å²) in [6, 6.07) is -1.77. The van der Waals surface area contributed by atoms with E-state index in [1.807, 2.05) is 0 Å². The SMILES string of the molecule is CC(Nc1nc[nH]c(=O)c1Br)C(F)(F)F. The van der Waals surface area contributed by atoms with Gasteiger partial charge in [-0.1, -0.05) is 0 Å². The zero-order valence-corrected chi connectivity index (χ0v) is 9.11. The molecule has 4 nitrogen and oxygen atoms in total. The molecule has 0 amide bonds. The van der Waals surface area contributed by atoms with Crippen molar-refractivity contribution in [1.29, 1.82) is 0 Å². The Balaban J connectivity index is 2.91. The monoisotopic (exact) mass is 285 g/mol. The molecule has 1 unspecified atom stereocenters. The van der Waals surface area contributed by atoms with Crippen LogP contribution in [0.25, 0.3) is 0 Å². The third kappa shape index (κ3) is 2.95.